The van der Waals surface area contributed by atoms with Gasteiger partial charge in [0.25, 0.3) is 5.56 Å². The summed E-state index contributed by atoms with van der Waals surface area (Å²) in [4.78, 5) is 33.8. The van der Waals surface area contributed by atoms with E-state index in [-0.39, 0.29) is 23.4 Å². The highest BCUT2D eigenvalue weighted by atomic mass is 16.2. The standard InChI is InChI=1S/C17H21N3O2/c1-11(2)20(17(22)12-6-5-7-12)10-15-18-14-9-4-3-8-13(14)16(21)19-15/h3-4,8-9,11-12H,5-7,10H2,1-2H3,(H,18,19,21). The number of fused-ring (bicyclic) bond motifs is 1. The van der Waals surface area contributed by atoms with Crippen LogP contribution < -0.4 is 5.56 Å². The highest BCUT2D eigenvalue weighted by Gasteiger charge is 2.31. The van der Waals surface area contributed by atoms with Crippen LogP contribution in [0.15, 0.2) is 29.1 Å². The molecular weight excluding hydrogens is 278 g/mol. The summed E-state index contributed by atoms with van der Waals surface area (Å²) >= 11 is 0. The van der Waals surface area contributed by atoms with E-state index in [9.17, 15) is 9.59 Å². The molecule has 1 heterocycles. The van der Waals surface area contributed by atoms with Gasteiger partial charge in [-0.3, -0.25) is 9.59 Å². The Labute approximate surface area is 129 Å². The van der Waals surface area contributed by atoms with Crippen LogP contribution in [0.25, 0.3) is 10.9 Å². The van der Waals surface area contributed by atoms with Crippen molar-refractivity contribution in [3.05, 3.63) is 40.4 Å². The fraction of sp³-hybridized carbons (Fsp3) is 0.471. The molecule has 0 aliphatic heterocycles. The predicted octanol–water partition coefficient (Wildman–Crippen LogP) is 2.46. The number of hydrogen-bond donors (Lipinski definition) is 1. The third-order valence-electron chi connectivity index (χ3n) is 4.34. The van der Waals surface area contributed by atoms with E-state index in [1.54, 1.807) is 6.07 Å². The number of carbonyl (C=O) groups is 1. The molecule has 0 unspecified atom stereocenters. The van der Waals surface area contributed by atoms with Gasteiger partial charge in [-0.15, -0.1) is 0 Å². The molecule has 1 N–H and O–H groups in total. The van der Waals surface area contributed by atoms with E-state index >= 15 is 0 Å². The van der Waals surface area contributed by atoms with E-state index in [1.165, 1.54) is 0 Å². The van der Waals surface area contributed by atoms with E-state index in [4.69, 9.17) is 0 Å². The quantitative estimate of drug-likeness (QED) is 0.943. The van der Waals surface area contributed by atoms with Gasteiger partial charge in [-0.2, -0.15) is 0 Å². The molecule has 0 atom stereocenters. The molecule has 1 aliphatic rings. The third kappa shape index (κ3) is 2.75. The summed E-state index contributed by atoms with van der Waals surface area (Å²) in [5.41, 5.74) is 0.515. The van der Waals surface area contributed by atoms with Crippen molar-refractivity contribution >= 4 is 16.8 Å². The zero-order valence-electron chi connectivity index (χ0n) is 13.0. The lowest BCUT2D eigenvalue weighted by Gasteiger charge is -2.33. The predicted molar refractivity (Wildman–Crippen MR) is 85.4 cm³/mol. The summed E-state index contributed by atoms with van der Waals surface area (Å²) in [6.45, 7) is 4.35. The third-order valence-corrected chi connectivity index (χ3v) is 4.34. The van der Waals surface area contributed by atoms with Crippen LogP contribution in [0.4, 0.5) is 0 Å². The fourth-order valence-corrected chi connectivity index (χ4v) is 2.78. The van der Waals surface area contributed by atoms with Gasteiger partial charge in [-0.1, -0.05) is 18.6 Å². The van der Waals surface area contributed by atoms with Gasteiger partial charge in [0.05, 0.1) is 17.4 Å². The van der Waals surface area contributed by atoms with Gasteiger partial charge in [-0.05, 0) is 38.8 Å². The van der Waals surface area contributed by atoms with Crippen molar-refractivity contribution < 1.29 is 4.79 Å². The minimum absolute atomic E-state index is 0.0878. The van der Waals surface area contributed by atoms with Gasteiger partial charge in [0, 0.05) is 12.0 Å². The Morgan fingerprint density at radius 3 is 2.73 bits per heavy atom. The van der Waals surface area contributed by atoms with Gasteiger partial charge in [0.2, 0.25) is 5.91 Å². The van der Waals surface area contributed by atoms with Crippen LogP contribution in [0.3, 0.4) is 0 Å². The van der Waals surface area contributed by atoms with E-state index in [2.05, 4.69) is 9.97 Å². The van der Waals surface area contributed by atoms with E-state index < -0.39 is 0 Å². The Morgan fingerprint density at radius 2 is 2.09 bits per heavy atom. The van der Waals surface area contributed by atoms with Gasteiger partial charge in [0.1, 0.15) is 5.82 Å². The normalized spacial score (nSPS) is 15.0. The van der Waals surface area contributed by atoms with Crippen LogP contribution in [0.5, 0.6) is 0 Å². The first-order valence-electron chi connectivity index (χ1n) is 7.84. The van der Waals surface area contributed by atoms with E-state index in [0.717, 1.165) is 19.3 Å². The molecule has 3 rings (SSSR count). The van der Waals surface area contributed by atoms with Gasteiger partial charge >= 0.3 is 0 Å². The van der Waals surface area contributed by atoms with Crippen molar-refractivity contribution in [3.8, 4) is 0 Å². The lowest BCUT2D eigenvalue weighted by atomic mass is 9.84. The van der Waals surface area contributed by atoms with Crippen LogP contribution in [0.1, 0.15) is 38.9 Å². The maximum absolute atomic E-state index is 12.5. The van der Waals surface area contributed by atoms with Crippen LogP contribution in [0.2, 0.25) is 0 Å². The average Bonchev–Trinajstić information content (AvgIpc) is 2.42. The Hall–Kier alpha value is -2.17. The molecule has 1 fully saturated rings. The molecular formula is C17H21N3O2. The molecule has 5 heteroatoms. The molecule has 116 valence electrons. The van der Waals surface area contributed by atoms with Crippen LogP contribution in [0, 0.1) is 5.92 Å². The average molecular weight is 299 g/mol. The van der Waals surface area contributed by atoms with Crippen molar-refractivity contribution in [2.24, 2.45) is 5.92 Å². The Balaban J connectivity index is 1.89. The first-order chi connectivity index (χ1) is 10.6. The SMILES string of the molecule is CC(C)N(Cc1nc2ccccc2c(=O)[nH]1)C(=O)C1CCC1. The summed E-state index contributed by atoms with van der Waals surface area (Å²) in [7, 11) is 0. The number of nitrogens with one attached hydrogen (secondary N) is 1. The minimum atomic E-state index is -0.152. The van der Waals surface area contributed by atoms with Crippen molar-refractivity contribution in [3.63, 3.8) is 0 Å². The van der Waals surface area contributed by atoms with Gasteiger partial charge in [-0.25, -0.2) is 4.98 Å². The number of hydrogen-bond acceptors (Lipinski definition) is 3. The zero-order valence-corrected chi connectivity index (χ0v) is 13.0. The van der Waals surface area contributed by atoms with Crippen LogP contribution in [-0.4, -0.2) is 26.8 Å². The lowest BCUT2D eigenvalue weighted by Crippen LogP contribution is -2.43. The number of amides is 1. The molecule has 22 heavy (non-hydrogen) atoms. The summed E-state index contributed by atoms with van der Waals surface area (Å²) in [6.07, 6.45) is 3.08. The molecule has 1 aromatic heterocycles. The number of nitrogens with zero attached hydrogens (tertiary/aromatic N) is 2. The molecule has 1 aromatic carbocycles. The van der Waals surface area contributed by atoms with Crippen molar-refractivity contribution in [2.45, 2.75) is 45.7 Å². The van der Waals surface area contributed by atoms with E-state index in [1.807, 2.05) is 36.9 Å². The molecule has 1 amide bonds. The number of aromatic amines is 1. The number of carbonyl (C=O) groups excluding carboxylic acids is 1. The summed E-state index contributed by atoms with van der Waals surface area (Å²) in [5.74, 6) is 0.872. The zero-order chi connectivity index (χ0) is 15.7. The van der Waals surface area contributed by atoms with Crippen molar-refractivity contribution in [1.29, 1.82) is 0 Å². The first-order valence-corrected chi connectivity index (χ1v) is 7.84. The highest BCUT2D eigenvalue weighted by molar-refractivity contribution is 5.80. The van der Waals surface area contributed by atoms with Crippen molar-refractivity contribution in [1.82, 2.24) is 14.9 Å². The Kier molecular flexibility index (Phi) is 3.96. The molecule has 1 aliphatic carbocycles. The molecule has 2 aromatic rings. The topological polar surface area (TPSA) is 66.1 Å². The Morgan fingerprint density at radius 1 is 1.36 bits per heavy atom. The lowest BCUT2D eigenvalue weighted by molar-refractivity contribution is -0.140. The number of benzene rings is 1. The van der Waals surface area contributed by atoms with Gasteiger partial charge < -0.3 is 9.88 Å². The molecule has 1 saturated carbocycles. The number of rotatable bonds is 4. The number of para-hydroxylation sites is 1. The highest BCUT2D eigenvalue weighted by Crippen LogP contribution is 2.29. The maximum Gasteiger partial charge on any atom is 0.258 e. The van der Waals surface area contributed by atoms with Crippen molar-refractivity contribution in [2.75, 3.05) is 0 Å². The van der Waals surface area contributed by atoms with E-state index in [0.29, 0.717) is 23.3 Å². The first kappa shape index (κ1) is 14.8. The minimum Gasteiger partial charge on any atom is -0.333 e. The summed E-state index contributed by atoms with van der Waals surface area (Å²) < 4.78 is 0. The second kappa shape index (κ2) is 5.91. The largest absolute Gasteiger partial charge is 0.333 e. The molecule has 0 bridgehead atoms. The van der Waals surface area contributed by atoms with Gasteiger partial charge in [0.15, 0.2) is 0 Å². The molecule has 0 spiro atoms. The molecule has 0 saturated heterocycles. The smallest absolute Gasteiger partial charge is 0.258 e. The number of H-pyrrole nitrogens is 1. The maximum atomic E-state index is 12.5. The fourth-order valence-electron chi connectivity index (χ4n) is 2.78. The summed E-state index contributed by atoms with van der Waals surface area (Å²) in [5, 5.41) is 0.577. The second-order valence-electron chi connectivity index (χ2n) is 6.22. The monoisotopic (exact) mass is 299 g/mol. The summed E-state index contributed by atoms with van der Waals surface area (Å²) in [6, 6.07) is 7.34. The second-order valence-corrected chi connectivity index (χ2v) is 6.22. The number of aromatic nitrogens is 2. The van der Waals surface area contributed by atoms with Crippen LogP contribution in [-0.2, 0) is 11.3 Å². The molecule has 0 radical (unpaired) electrons. The van der Waals surface area contributed by atoms with Crippen LogP contribution >= 0.6 is 0 Å². The molecule has 5 nitrogen and oxygen atoms in total. The Bertz CT molecular complexity index is 747.